The predicted octanol–water partition coefficient (Wildman–Crippen LogP) is 2.01. The maximum atomic E-state index is 12.1. The molecule has 1 amide bonds. The molecular weight excluding hydrogens is 332 g/mol. The third-order valence-electron chi connectivity index (χ3n) is 4.48. The Kier molecular flexibility index (Phi) is 3.53. The fourth-order valence-electron chi connectivity index (χ4n) is 3.16. The number of benzene rings is 1. The standard InChI is InChI=1S/C16H18N2O3S2/c1-10-3-2-4-12(7-10)18-13-8-23(20,21)9-14(13)22-16(18)17-15(19)11-5-6-11/h2-4,7,11,13-14H,5-6,8-9H2,1H3/t13-,14-/m1/s1. The molecule has 2 atom stereocenters. The second kappa shape index (κ2) is 5.34. The molecule has 3 fully saturated rings. The highest BCUT2D eigenvalue weighted by molar-refractivity contribution is 8.16. The van der Waals surface area contributed by atoms with Gasteiger partial charge in [0.25, 0.3) is 5.91 Å². The monoisotopic (exact) mass is 350 g/mol. The maximum Gasteiger partial charge on any atom is 0.251 e. The molecule has 7 heteroatoms. The molecule has 2 heterocycles. The number of amides is 1. The first kappa shape index (κ1) is 15.2. The van der Waals surface area contributed by atoms with Gasteiger partial charge in [0.1, 0.15) is 0 Å². The molecule has 4 rings (SSSR count). The highest BCUT2D eigenvalue weighted by Crippen LogP contribution is 2.41. The average Bonchev–Trinajstić information content (AvgIpc) is 3.20. The number of hydrogen-bond acceptors (Lipinski definition) is 4. The molecule has 0 aromatic heterocycles. The lowest BCUT2D eigenvalue weighted by atomic mass is 10.1. The maximum absolute atomic E-state index is 12.1. The third-order valence-corrected chi connectivity index (χ3v) is 7.69. The topological polar surface area (TPSA) is 66.8 Å². The number of thioether (sulfide) groups is 1. The van der Waals surface area contributed by atoms with Crippen LogP contribution < -0.4 is 4.90 Å². The van der Waals surface area contributed by atoms with Gasteiger partial charge >= 0.3 is 0 Å². The van der Waals surface area contributed by atoms with Crippen molar-refractivity contribution in [3.8, 4) is 0 Å². The van der Waals surface area contributed by atoms with E-state index in [1.54, 1.807) is 0 Å². The van der Waals surface area contributed by atoms with Crippen LogP contribution in [0.1, 0.15) is 18.4 Å². The molecule has 122 valence electrons. The first-order valence-electron chi connectivity index (χ1n) is 7.78. The number of aryl methyl sites for hydroxylation is 1. The van der Waals surface area contributed by atoms with Crippen molar-refractivity contribution < 1.29 is 13.2 Å². The summed E-state index contributed by atoms with van der Waals surface area (Å²) in [5, 5.41) is 0.628. The minimum Gasteiger partial charge on any atom is -0.316 e. The predicted molar refractivity (Wildman–Crippen MR) is 92.6 cm³/mol. The van der Waals surface area contributed by atoms with Gasteiger partial charge in [-0.1, -0.05) is 23.9 Å². The number of amidine groups is 1. The Morgan fingerprint density at radius 2 is 2.09 bits per heavy atom. The van der Waals surface area contributed by atoms with Crippen molar-refractivity contribution in [1.82, 2.24) is 0 Å². The molecule has 0 unspecified atom stereocenters. The SMILES string of the molecule is Cc1cccc(N2C(=NC(=O)C3CC3)S[C@@H]3CS(=O)(=O)C[C@H]32)c1. The molecule has 0 bridgehead atoms. The van der Waals surface area contributed by atoms with Crippen molar-refractivity contribution in [2.24, 2.45) is 10.9 Å². The fraction of sp³-hybridized carbons (Fsp3) is 0.500. The van der Waals surface area contributed by atoms with Crippen LogP contribution >= 0.6 is 11.8 Å². The molecule has 1 aromatic carbocycles. The van der Waals surface area contributed by atoms with Crippen LogP contribution in [0.4, 0.5) is 5.69 Å². The van der Waals surface area contributed by atoms with E-state index in [1.807, 2.05) is 36.1 Å². The fourth-order valence-corrected chi connectivity index (χ4v) is 7.08. The molecule has 0 spiro atoms. The summed E-state index contributed by atoms with van der Waals surface area (Å²) in [6.45, 7) is 2.00. The van der Waals surface area contributed by atoms with Crippen LogP contribution in [-0.4, -0.2) is 42.3 Å². The van der Waals surface area contributed by atoms with E-state index in [1.165, 1.54) is 11.8 Å². The highest BCUT2D eigenvalue weighted by Gasteiger charge is 2.49. The lowest BCUT2D eigenvalue weighted by molar-refractivity contribution is -0.118. The molecule has 1 aromatic rings. The summed E-state index contributed by atoms with van der Waals surface area (Å²) >= 11 is 1.44. The summed E-state index contributed by atoms with van der Waals surface area (Å²) in [6.07, 6.45) is 1.85. The molecule has 0 radical (unpaired) electrons. The van der Waals surface area contributed by atoms with Crippen LogP contribution in [0.2, 0.25) is 0 Å². The molecule has 1 aliphatic carbocycles. The number of carbonyl (C=O) groups excluding carboxylic acids is 1. The van der Waals surface area contributed by atoms with Gasteiger partial charge in [0, 0.05) is 16.9 Å². The zero-order valence-electron chi connectivity index (χ0n) is 12.8. The lowest BCUT2D eigenvalue weighted by Crippen LogP contribution is -2.37. The van der Waals surface area contributed by atoms with Crippen molar-refractivity contribution in [3.63, 3.8) is 0 Å². The van der Waals surface area contributed by atoms with Gasteiger partial charge in [0.2, 0.25) is 0 Å². The van der Waals surface area contributed by atoms with E-state index in [9.17, 15) is 13.2 Å². The van der Waals surface area contributed by atoms with Crippen LogP contribution in [-0.2, 0) is 14.6 Å². The number of hydrogen-bond donors (Lipinski definition) is 0. The number of aliphatic imine (C=N–C) groups is 1. The summed E-state index contributed by atoms with van der Waals surface area (Å²) in [6, 6.07) is 7.80. The van der Waals surface area contributed by atoms with E-state index in [0.29, 0.717) is 5.17 Å². The van der Waals surface area contributed by atoms with Crippen molar-refractivity contribution in [3.05, 3.63) is 29.8 Å². The van der Waals surface area contributed by atoms with Gasteiger partial charge in [0.15, 0.2) is 15.0 Å². The van der Waals surface area contributed by atoms with E-state index in [2.05, 4.69) is 4.99 Å². The van der Waals surface area contributed by atoms with Gasteiger partial charge in [-0.3, -0.25) is 4.79 Å². The molecular formula is C16H18N2O3S2. The zero-order chi connectivity index (χ0) is 16.2. The quantitative estimate of drug-likeness (QED) is 0.816. The van der Waals surface area contributed by atoms with E-state index < -0.39 is 9.84 Å². The van der Waals surface area contributed by atoms with Crippen LogP contribution in [0.25, 0.3) is 0 Å². The molecule has 0 N–H and O–H groups in total. The molecule has 2 saturated heterocycles. The first-order valence-corrected chi connectivity index (χ1v) is 10.5. The largest absolute Gasteiger partial charge is 0.316 e. The number of carbonyl (C=O) groups is 1. The molecule has 5 nitrogen and oxygen atoms in total. The van der Waals surface area contributed by atoms with Gasteiger partial charge < -0.3 is 4.90 Å². The third kappa shape index (κ3) is 2.92. The van der Waals surface area contributed by atoms with Crippen LogP contribution in [0.5, 0.6) is 0 Å². The lowest BCUT2D eigenvalue weighted by Gasteiger charge is -2.24. The van der Waals surface area contributed by atoms with E-state index >= 15 is 0 Å². The normalized spacial score (nSPS) is 30.7. The Morgan fingerprint density at radius 1 is 1.30 bits per heavy atom. The Hall–Kier alpha value is -1.34. The second-order valence-electron chi connectivity index (χ2n) is 6.52. The van der Waals surface area contributed by atoms with Crippen molar-refractivity contribution in [2.45, 2.75) is 31.1 Å². The number of fused-ring (bicyclic) bond motifs is 1. The van der Waals surface area contributed by atoms with Crippen molar-refractivity contribution >= 4 is 38.4 Å². The van der Waals surface area contributed by atoms with Gasteiger partial charge in [0.05, 0.1) is 17.5 Å². The Bertz CT molecular complexity index is 799. The molecule has 1 saturated carbocycles. The number of anilines is 1. The van der Waals surface area contributed by atoms with Crippen LogP contribution in [0.15, 0.2) is 29.3 Å². The van der Waals surface area contributed by atoms with E-state index in [-0.39, 0.29) is 34.6 Å². The first-order chi connectivity index (χ1) is 10.9. The zero-order valence-corrected chi connectivity index (χ0v) is 14.4. The Balaban J connectivity index is 1.73. The van der Waals surface area contributed by atoms with E-state index in [4.69, 9.17) is 0 Å². The van der Waals surface area contributed by atoms with Crippen molar-refractivity contribution in [2.75, 3.05) is 16.4 Å². The van der Waals surface area contributed by atoms with Gasteiger partial charge in [-0.15, -0.1) is 0 Å². The summed E-state index contributed by atoms with van der Waals surface area (Å²) in [4.78, 5) is 18.4. The van der Waals surface area contributed by atoms with Crippen LogP contribution in [0, 0.1) is 12.8 Å². The summed E-state index contributed by atoms with van der Waals surface area (Å²) in [7, 11) is -3.01. The summed E-state index contributed by atoms with van der Waals surface area (Å²) in [5.74, 6) is 0.316. The summed E-state index contributed by atoms with van der Waals surface area (Å²) in [5.41, 5.74) is 2.02. The number of rotatable bonds is 2. The molecule has 2 aliphatic heterocycles. The Morgan fingerprint density at radius 3 is 2.78 bits per heavy atom. The van der Waals surface area contributed by atoms with E-state index in [0.717, 1.165) is 24.1 Å². The minimum absolute atomic E-state index is 0.0359. The minimum atomic E-state index is -3.01. The highest BCUT2D eigenvalue weighted by atomic mass is 32.2. The number of nitrogens with zero attached hydrogens (tertiary/aromatic N) is 2. The second-order valence-corrected chi connectivity index (χ2v) is 9.88. The molecule has 23 heavy (non-hydrogen) atoms. The number of sulfone groups is 1. The van der Waals surface area contributed by atoms with Gasteiger partial charge in [-0.25, -0.2) is 8.42 Å². The smallest absolute Gasteiger partial charge is 0.251 e. The van der Waals surface area contributed by atoms with Crippen molar-refractivity contribution in [1.29, 1.82) is 0 Å². The Labute approximate surface area is 140 Å². The van der Waals surface area contributed by atoms with Gasteiger partial charge in [-0.05, 0) is 37.5 Å². The summed E-state index contributed by atoms with van der Waals surface area (Å²) < 4.78 is 24.0. The average molecular weight is 350 g/mol. The van der Waals surface area contributed by atoms with Crippen LogP contribution in [0.3, 0.4) is 0 Å². The van der Waals surface area contributed by atoms with Gasteiger partial charge in [-0.2, -0.15) is 4.99 Å². The molecule has 3 aliphatic rings.